The molecule has 25 heavy (non-hydrogen) atoms. The van der Waals surface area contributed by atoms with Crippen molar-refractivity contribution < 1.29 is 14.3 Å². The van der Waals surface area contributed by atoms with Gasteiger partial charge < -0.3 is 15.4 Å². The van der Waals surface area contributed by atoms with E-state index >= 15 is 0 Å². The Morgan fingerprint density at radius 3 is 2.52 bits per heavy atom. The number of hydrogen-bond donors (Lipinski definition) is 1. The topological polar surface area (TPSA) is 96.4 Å². The lowest BCUT2D eigenvalue weighted by Gasteiger charge is -2.35. The lowest BCUT2D eigenvalue weighted by Crippen LogP contribution is -2.48. The number of para-hydroxylation sites is 1. The number of benzene rings is 1. The standard InChI is InChI=1S/C19H25N3O3/c1-13(2)18(25-16-6-4-3-5-15(16)12-20)19(24)22-9-7-14(8-10-22)11-17(21)23/h3-6,13-14,18H,7-11H2,1-2H3,(H2,21,23)/t18-/m0/s1. The molecule has 1 fully saturated rings. The van der Waals surface area contributed by atoms with Crippen molar-refractivity contribution >= 4 is 11.8 Å². The van der Waals surface area contributed by atoms with Crippen LogP contribution in [0, 0.1) is 23.2 Å². The Morgan fingerprint density at radius 1 is 1.32 bits per heavy atom. The maximum absolute atomic E-state index is 12.9. The van der Waals surface area contributed by atoms with Gasteiger partial charge in [-0.15, -0.1) is 0 Å². The predicted octanol–water partition coefficient (Wildman–Crippen LogP) is 2.08. The van der Waals surface area contributed by atoms with E-state index in [1.54, 1.807) is 29.2 Å². The molecule has 1 atom stereocenters. The normalized spacial score (nSPS) is 16.3. The van der Waals surface area contributed by atoms with Gasteiger partial charge in [0.1, 0.15) is 11.8 Å². The van der Waals surface area contributed by atoms with Crippen LogP contribution in [0.25, 0.3) is 0 Å². The summed E-state index contributed by atoms with van der Waals surface area (Å²) >= 11 is 0. The third-order valence-corrected chi connectivity index (χ3v) is 4.53. The average molecular weight is 343 g/mol. The minimum absolute atomic E-state index is 0.0254. The number of hydrogen-bond acceptors (Lipinski definition) is 4. The first-order chi connectivity index (χ1) is 11.9. The lowest BCUT2D eigenvalue weighted by molar-refractivity contribution is -0.142. The summed E-state index contributed by atoms with van der Waals surface area (Å²) in [6, 6.07) is 9.02. The molecule has 134 valence electrons. The fraction of sp³-hybridized carbons (Fsp3) is 0.526. The summed E-state index contributed by atoms with van der Waals surface area (Å²) < 4.78 is 5.92. The van der Waals surface area contributed by atoms with Gasteiger partial charge in [-0.05, 0) is 36.8 Å². The third-order valence-electron chi connectivity index (χ3n) is 4.53. The highest BCUT2D eigenvalue weighted by atomic mass is 16.5. The second-order valence-corrected chi connectivity index (χ2v) is 6.83. The lowest BCUT2D eigenvalue weighted by atomic mass is 9.92. The molecule has 2 amide bonds. The minimum atomic E-state index is -0.637. The molecule has 0 saturated carbocycles. The first-order valence-electron chi connectivity index (χ1n) is 8.65. The van der Waals surface area contributed by atoms with E-state index in [1.807, 2.05) is 13.8 Å². The van der Waals surface area contributed by atoms with Gasteiger partial charge in [0.25, 0.3) is 5.91 Å². The van der Waals surface area contributed by atoms with E-state index < -0.39 is 6.10 Å². The quantitative estimate of drug-likeness (QED) is 0.855. The number of amides is 2. The molecule has 1 aromatic rings. The van der Waals surface area contributed by atoms with Crippen LogP contribution < -0.4 is 10.5 Å². The monoisotopic (exact) mass is 343 g/mol. The number of carbonyl (C=O) groups is 2. The highest BCUT2D eigenvalue weighted by Gasteiger charge is 2.32. The fourth-order valence-corrected chi connectivity index (χ4v) is 3.09. The summed E-state index contributed by atoms with van der Waals surface area (Å²) in [5, 5.41) is 9.20. The summed E-state index contributed by atoms with van der Waals surface area (Å²) in [6.45, 7) is 5.06. The molecule has 1 aliphatic heterocycles. The SMILES string of the molecule is CC(C)[C@H](Oc1ccccc1C#N)C(=O)N1CCC(CC(N)=O)CC1. The summed E-state index contributed by atoms with van der Waals surface area (Å²) in [5.74, 6) is 0.295. The summed E-state index contributed by atoms with van der Waals surface area (Å²) in [4.78, 5) is 25.7. The van der Waals surface area contributed by atoms with Crippen LogP contribution in [-0.4, -0.2) is 35.9 Å². The zero-order chi connectivity index (χ0) is 18.4. The predicted molar refractivity (Wildman–Crippen MR) is 93.5 cm³/mol. The zero-order valence-electron chi connectivity index (χ0n) is 14.8. The molecule has 0 aromatic heterocycles. The van der Waals surface area contributed by atoms with Gasteiger partial charge in [-0.2, -0.15) is 5.26 Å². The number of rotatable bonds is 6. The smallest absolute Gasteiger partial charge is 0.263 e. The van der Waals surface area contributed by atoms with Crippen LogP contribution in [-0.2, 0) is 9.59 Å². The molecule has 6 heteroatoms. The fourth-order valence-electron chi connectivity index (χ4n) is 3.09. The highest BCUT2D eigenvalue weighted by molar-refractivity contribution is 5.82. The molecular formula is C19H25N3O3. The molecule has 2 N–H and O–H groups in total. The molecule has 1 aliphatic rings. The number of nitrogens with two attached hydrogens (primary N) is 1. The van der Waals surface area contributed by atoms with Gasteiger partial charge in [-0.1, -0.05) is 26.0 Å². The van der Waals surface area contributed by atoms with Crippen molar-refractivity contribution in [2.75, 3.05) is 13.1 Å². The van der Waals surface area contributed by atoms with Crippen molar-refractivity contribution in [1.82, 2.24) is 4.90 Å². The molecule has 0 aliphatic carbocycles. The van der Waals surface area contributed by atoms with Gasteiger partial charge in [0.2, 0.25) is 5.91 Å². The Hall–Kier alpha value is -2.55. The van der Waals surface area contributed by atoms with Crippen molar-refractivity contribution in [3.8, 4) is 11.8 Å². The number of nitriles is 1. The van der Waals surface area contributed by atoms with E-state index in [4.69, 9.17) is 10.5 Å². The second kappa shape index (κ2) is 8.52. The third kappa shape index (κ3) is 4.96. The highest BCUT2D eigenvalue weighted by Crippen LogP contribution is 2.25. The van der Waals surface area contributed by atoms with Crippen molar-refractivity contribution in [3.05, 3.63) is 29.8 Å². The summed E-state index contributed by atoms with van der Waals surface area (Å²) in [6.07, 6.45) is 1.28. The van der Waals surface area contributed by atoms with Crippen LogP contribution >= 0.6 is 0 Å². The molecule has 1 heterocycles. The van der Waals surface area contributed by atoms with Crippen LogP contribution in [0.5, 0.6) is 5.75 Å². The van der Waals surface area contributed by atoms with E-state index in [0.717, 1.165) is 12.8 Å². The van der Waals surface area contributed by atoms with Gasteiger partial charge in [0.05, 0.1) is 5.56 Å². The van der Waals surface area contributed by atoms with Crippen LogP contribution in [0.1, 0.15) is 38.7 Å². The van der Waals surface area contributed by atoms with Crippen LogP contribution in [0.2, 0.25) is 0 Å². The molecule has 0 spiro atoms. The van der Waals surface area contributed by atoms with Gasteiger partial charge in [0, 0.05) is 19.5 Å². The van der Waals surface area contributed by atoms with Gasteiger partial charge in [0.15, 0.2) is 6.10 Å². The second-order valence-electron chi connectivity index (χ2n) is 6.83. The molecule has 0 radical (unpaired) electrons. The maximum Gasteiger partial charge on any atom is 0.263 e. The molecule has 0 bridgehead atoms. The van der Waals surface area contributed by atoms with E-state index in [2.05, 4.69) is 6.07 Å². The Bertz CT molecular complexity index is 658. The molecule has 1 saturated heterocycles. The molecule has 0 unspecified atom stereocenters. The van der Waals surface area contributed by atoms with Crippen LogP contribution in [0.3, 0.4) is 0 Å². The Kier molecular flexibility index (Phi) is 6.40. The maximum atomic E-state index is 12.9. The Balaban J connectivity index is 2.04. The number of nitrogens with zero attached hydrogens (tertiary/aromatic N) is 2. The minimum Gasteiger partial charge on any atom is -0.479 e. The number of ether oxygens (including phenoxy) is 1. The molecule has 2 rings (SSSR count). The van der Waals surface area contributed by atoms with Crippen LogP contribution in [0.4, 0.5) is 0 Å². The van der Waals surface area contributed by atoms with Crippen molar-refractivity contribution in [2.24, 2.45) is 17.6 Å². The molecular weight excluding hydrogens is 318 g/mol. The summed E-state index contributed by atoms with van der Waals surface area (Å²) in [7, 11) is 0. The van der Waals surface area contributed by atoms with E-state index in [9.17, 15) is 14.9 Å². The van der Waals surface area contributed by atoms with Gasteiger partial charge in [-0.25, -0.2) is 0 Å². The number of likely N-dealkylation sites (tertiary alicyclic amines) is 1. The van der Waals surface area contributed by atoms with Gasteiger partial charge in [-0.3, -0.25) is 9.59 Å². The Labute approximate surface area is 148 Å². The van der Waals surface area contributed by atoms with Crippen molar-refractivity contribution in [3.63, 3.8) is 0 Å². The van der Waals surface area contributed by atoms with E-state index in [-0.39, 0.29) is 23.7 Å². The van der Waals surface area contributed by atoms with Crippen LogP contribution in [0.15, 0.2) is 24.3 Å². The van der Waals surface area contributed by atoms with Crippen molar-refractivity contribution in [1.29, 1.82) is 5.26 Å². The number of piperidine rings is 1. The van der Waals surface area contributed by atoms with Gasteiger partial charge >= 0.3 is 0 Å². The van der Waals surface area contributed by atoms with E-state index in [1.165, 1.54) is 0 Å². The van der Waals surface area contributed by atoms with Crippen molar-refractivity contribution in [2.45, 2.75) is 39.2 Å². The summed E-state index contributed by atoms with van der Waals surface area (Å²) in [5.41, 5.74) is 5.67. The number of primary amides is 1. The Morgan fingerprint density at radius 2 is 1.96 bits per heavy atom. The largest absolute Gasteiger partial charge is 0.479 e. The molecule has 1 aromatic carbocycles. The number of carbonyl (C=O) groups excluding carboxylic acids is 2. The average Bonchev–Trinajstić information content (AvgIpc) is 2.59. The molecule has 6 nitrogen and oxygen atoms in total. The van der Waals surface area contributed by atoms with E-state index in [0.29, 0.717) is 30.8 Å². The first-order valence-corrected chi connectivity index (χ1v) is 8.65. The first kappa shape index (κ1) is 18.8. The zero-order valence-corrected chi connectivity index (χ0v) is 14.8.